The van der Waals surface area contributed by atoms with Crippen LogP contribution in [0, 0.1) is 13.8 Å². The van der Waals surface area contributed by atoms with Gasteiger partial charge in [0.25, 0.3) is 5.91 Å². The first-order valence-corrected chi connectivity index (χ1v) is 2.93. The first-order chi connectivity index (χ1) is 4.63. The van der Waals surface area contributed by atoms with Gasteiger partial charge < -0.3 is 4.42 Å². The molecule has 3 heteroatoms. The topological polar surface area (TPSA) is 54.0 Å². The van der Waals surface area contributed by atoms with Gasteiger partial charge in [0.05, 0.1) is 11.8 Å². The Balaban J connectivity index is 3.23. The van der Waals surface area contributed by atoms with Crippen LogP contribution in [0.3, 0.4) is 0 Å². The molecule has 1 aromatic heterocycles. The molecule has 0 bridgehead atoms. The van der Waals surface area contributed by atoms with E-state index in [9.17, 15) is 4.79 Å². The van der Waals surface area contributed by atoms with E-state index in [1.165, 1.54) is 6.26 Å². The summed E-state index contributed by atoms with van der Waals surface area (Å²) in [6, 6.07) is 0. The predicted molar refractivity (Wildman–Crippen MR) is 35.6 cm³/mol. The molecule has 1 radical (unpaired) electrons. The van der Waals surface area contributed by atoms with Crippen molar-refractivity contribution in [2.45, 2.75) is 13.8 Å². The molecule has 0 aliphatic heterocycles. The second kappa shape index (κ2) is 2.17. The molecule has 0 aliphatic rings. The molecule has 0 aromatic carbocycles. The maximum atomic E-state index is 10.6. The van der Waals surface area contributed by atoms with E-state index in [4.69, 9.17) is 10.2 Å². The number of nitrogens with one attached hydrogen (secondary N) is 1. The fourth-order valence-electron chi connectivity index (χ4n) is 0.911. The van der Waals surface area contributed by atoms with Gasteiger partial charge in [0.2, 0.25) is 0 Å². The minimum absolute atomic E-state index is 0.389. The minimum atomic E-state index is -0.677. The fraction of sp³-hybridized carbons (Fsp3) is 0.286. The maximum Gasteiger partial charge on any atom is 0.273 e. The maximum absolute atomic E-state index is 10.6. The smallest absolute Gasteiger partial charge is 0.273 e. The van der Waals surface area contributed by atoms with Crippen LogP contribution < -0.4 is 5.73 Å². The lowest BCUT2D eigenvalue weighted by molar-refractivity contribution is 0.0990. The summed E-state index contributed by atoms with van der Waals surface area (Å²) in [5, 5.41) is 0. The van der Waals surface area contributed by atoms with Gasteiger partial charge in [0.15, 0.2) is 0 Å². The molecule has 0 unspecified atom stereocenters. The van der Waals surface area contributed by atoms with Crippen molar-refractivity contribution in [1.82, 2.24) is 5.73 Å². The number of carbonyl (C=O) groups excluding carboxylic acids is 1. The van der Waals surface area contributed by atoms with Crippen molar-refractivity contribution in [1.29, 1.82) is 0 Å². The Morgan fingerprint density at radius 1 is 1.60 bits per heavy atom. The Kier molecular flexibility index (Phi) is 1.49. The highest BCUT2D eigenvalue weighted by molar-refractivity contribution is 5.94. The van der Waals surface area contributed by atoms with Gasteiger partial charge in [-0.25, -0.2) is 0 Å². The van der Waals surface area contributed by atoms with Gasteiger partial charge in [0.1, 0.15) is 5.76 Å². The molecule has 1 N–H and O–H groups in total. The van der Waals surface area contributed by atoms with Gasteiger partial charge in [-0.05, 0) is 13.8 Å². The summed E-state index contributed by atoms with van der Waals surface area (Å²) in [5.41, 5.74) is 7.94. The molecule has 0 spiro atoms. The molecule has 0 aliphatic carbocycles. The lowest BCUT2D eigenvalue weighted by atomic mass is 10.2. The second-order valence-corrected chi connectivity index (χ2v) is 2.18. The minimum Gasteiger partial charge on any atom is -0.469 e. The lowest BCUT2D eigenvalue weighted by Gasteiger charge is -1.89. The van der Waals surface area contributed by atoms with Crippen molar-refractivity contribution >= 4 is 5.91 Å². The molecule has 0 atom stereocenters. The number of hydrogen-bond acceptors (Lipinski definition) is 2. The Bertz CT molecular complexity index is 243. The van der Waals surface area contributed by atoms with Crippen molar-refractivity contribution in [2.75, 3.05) is 0 Å². The molecule has 1 aromatic rings. The number of carbonyl (C=O) groups is 1. The second-order valence-electron chi connectivity index (χ2n) is 2.18. The number of furan rings is 1. The Morgan fingerprint density at radius 2 is 2.20 bits per heavy atom. The Morgan fingerprint density at radius 3 is 2.40 bits per heavy atom. The number of amides is 1. The largest absolute Gasteiger partial charge is 0.469 e. The van der Waals surface area contributed by atoms with Crippen molar-refractivity contribution in [3.05, 3.63) is 23.2 Å². The Labute approximate surface area is 58.8 Å². The van der Waals surface area contributed by atoms with E-state index >= 15 is 0 Å². The zero-order valence-electron chi connectivity index (χ0n) is 5.89. The highest BCUT2D eigenvalue weighted by Crippen LogP contribution is 2.14. The normalized spacial score (nSPS) is 9.80. The van der Waals surface area contributed by atoms with E-state index in [1.54, 1.807) is 13.8 Å². The van der Waals surface area contributed by atoms with Gasteiger partial charge in [0, 0.05) is 5.56 Å². The average Bonchev–Trinajstić information content (AvgIpc) is 2.11. The van der Waals surface area contributed by atoms with Crippen molar-refractivity contribution < 1.29 is 9.21 Å². The molecular weight excluding hydrogens is 130 g/mol. The zero-order chi connectivity index (χ0) is 7.72. The van der Waals surface area contributed by atoms with Crippen LogP contribution in [0.15, 0.2) is 10.7 Å². The summed E-state index contributed by atoms with van der Waals surface area (Å²) in [7, 11) is 0. The summed E-state index contributed by atoms with van der Waals surface area (Å²) < 4.78 is 4.92. The SMILES string of the molecule is Cc1coc(C)c1C([NH])=O. The molecule has 53 valence electrons. The quantitative estimate of drug-likeness (QED) is 0.587. The highest BCUT2D eigenvalue weighted by atomic mass is 16.3. The third-order valence-electron chi connectivity index (χ3n) is 1.39. The van der Waals surface area contributed by atoms with Crippen LogP contribution in [0.2, 0.25) is 0 Å². The summed E-state index contributed by atoms with van der Waals surface area (Å²) in [6.45, 7) is 3.42. The van der Waals surface area contributed by atoms with Gasteiger partial charge in [-0.3, -0.25) is 10.5 Å². The van der Waals surface area contributed by atoms with Crippen LogP contribution in [0.25, 0.3) is 0 Å². The van der Waals surface area contributed by atoms with Crippen molar-refractivity contribution in [2.24, 2.45) is 0 Å². The van der Waals surface area contributed by atoms with E-state index in [-0.39, 0.29) is 0 Å². The van der Waals surface area contributed by atoms with Gasteiger partial charge in [-0.2, -0.15) is 0 Å². The van der Waals surface area contributed by atoms with Crippen LogP contribution in [-0.2, 0) is 0 Å². The summed E-state index contributed by atoms with van der Waals surface area (Å²) in [4.78, 5) is 10.6. The average molecular weight is 138 g/mol. The predicted octanol–water partition coefficient (Wildman–Crippen LogP) is 1.32. The molecule has 1 rings (SSSR count). The van der Waals surface area contributed by atoms with E-state index in [0.29, 0.717) is 11.3 Å². The number of rotatable bonds is 1. The lowest BCUT2D eigenvalue weighted by Crippen LogP contribution is -2.00. The van der Waals surface area contributed by atoms with Crippen LogP contribution in [0.1, 0.15) is 21.7 Å². The van der Waals surface area contributed by atoms with E-state index in [1.807, 2.05) is 0 Å². The summed E-state index contributed by atoms with van der Waals surface area (Å²) in [5.74, 6) is -0.152. The molecular formula is C7H8NO2. The third kappa shape index (κ3) is 0.900. The molecule has 0 saturated heterocycles. The van der Waals surface area contributed by atoms with Crippen LogP contribution in [0.4, 0.5) is 0 Å². The van der Waals surface area contributed by atoms with E-state index in [0.717, 1.165) is 5.56 Å². The Hall–Kier alpha value is -1.25. The molecule has 3 nitrogen and oxygen atoms in total. The highest BCUT2D eigenvalue weighted by Gasteiger charge is 2.11. The van der Waals surface area contributed by atoms with Crippen LogP contribution >= 0.6 is 0 Å². The first kappa shape index (κ1) is 6.86. The van der Waals surface area contributed by atoms with E-state index in [2.05, 4.69) is 0 Å². The van der Waals surface area contributed by atoms with Crippen molar-refractivity contribution in [3.8, 4) is 0 Å². The van der Waals surface area contributed by atoms with E-state index < -0.39 is 5.91 Å². The van der Waals surface area contributed by atoms with Crippen molar-refractivity contribution in [3.63, 3.8) is 0 Å². The van der Waals surface area contributed by atoms with Gasteiger partial charge in [-0.15, -0.1) is 0 Å². The molecule has 0 fully saturated rings. The van der Waals surface area contributed by atoms with Gasteiger partial charge in [-0.1, -0.05) is 0 Å². The number of hydrogen-bond donors (Lipinski definition) is 0. The standard InChI is InChI=1S/C7H8NO2/c1-4-3-10-5(2)6(4)7(8)9/h3,8H,1-2H3. The van der Waals surface area contributed by atoms with Crippen LogP contribution in [-0.4, -0.2) is 5.91 Å². The number of aryl methyl sites for hydroxylation is 2. The summed E-state index contributed by atoms with van der Waals surface area (Å²) >= 11 is 0. The zero-order valence-corrected chi connectivity index (χ0v) is 5.89. The molecule has 10 heavy (non-hydrogen) atoms. The van der Waals surface area contributed by atoms with Crippen LogP contribution in [0.5, 0.6) is 0 Å². The molecule has 1 amide bonds. The van der Waals surface area contributed by atoms with Gasteiger partial charge >= 0.3 is 0 Å². The molecule has 0 saturated carbocycles. The monoisotopic (exact) mass is 138 g/mol. The summed E-state index contributed by atoms with van der Waals surface area (Å²) in [6.07, 6.45) is 1.48. The molecule has 1 heterocycles. The first-order valence-electron chi connectivity index (χ1n) is 2.93. The third-order valence-corrected chi connectivity index (χ3v) is 1.39. The fourth-order valence-corrected chi connectivity index (χ4v) is 0.911.